The molecule has 3 rings (SSSR count). The van der Waals surface area contributed by atoms with Crippen molar-refractivity contribution >= 4 is 40.7 Å². The molecule has 6 atom stereocenters. The van der Waals surface area contributed by atoms with E-state index in [0.29, 0.717) is 0 Å². The summed E-state index contributed by atoms with van der Waals surface area (Å²) >= 11 is 0.737. The molecule has 1 aliphatic heterocycles. The normalized spacial score (nSPS) is 26.4. The van der Waals surface area contributed by atoms with E-state index in [9.17, 15) is 35.1 Å². The highest BCUT2D eigenvalue weighted by Crippen LogP contribution is 2.32. The van der Waals surface area contributed by atoms with Gasteiger partial charge in [0, 0.05) is 0 Å². The fourth-order valence-electron chi connectivity index (χ4n) is 3.19. The summed E-state index contributed by atoms with van der Waals surface area (Å²) in [6.07, 6.45) is -2.43. The Morgan fingerprint density at radius 1 is 1.32 bits per heavy atom. The number of aromatic nitrogens is 4. The Balaban J connectivity index is 1.87. The lowest BCUT2D eigenvalue weighted by Crippen LogP contribution is -2.59. The average molecular weight is 458 g/mol. The van der Waals surface area contributed by atoms with Gasteiger partial charge in [0.15, 0.2) is 23.2 Å². The smallest absolute Gasteiger partial charge is 0.342 e. The minimum atomic E-state index is -1.99. The topological polar surface area (TPSA) is 212 Å². The Morgan fingerprint density at radius 3 is 2.58 bits per heavy atom. The van der Waals surface area contributed by atoms with Crippen LogP contribution in [0.4, 0.5) is 10.6 Å². The van der Waals surface area contributed by atoms with Gasteiger partial charge in [0.1, 0.15) is 24.6 Å². The first kappa shape index (κ1) is 23.1. The molecule has 0 radical (unpaired) electrons. The molecule has 31 heavy (non-hydrogen) atoms. The van der Waals surface area contributed by atoms with Crippen LogP contribution in [-0.2, 0) is 9.53 Å². The molecule has 7 N–H and O–H groups in total. The number of thioether (sulfide) groups is 1. The van der Waals surface area contributed by atoms with E-state index in [0.717, 1.165) is 18.1 Å². The fourth-order valence-corrected chi connectivity index (χ4v) is 3.90. The highest BCUT2D eigenvalue weighted by Gasteiger charge is 2.45. The number of hydrogen-bond donors (Lipinski definition) is 7. The van der Waals surface area contributed by atoms with Crippen LogP contribution < -0.4 is 10.6 Å². The molecule has 14 nitrogen and oxygen atoms in total. The zero-order valence-corrected chi connectivity index (χ0v) is 17.2. The first-order chi connectivity index (χ1) is 14.7. The van der Waals surface area contributed by atoms with E-state index in [1.54, 1.807) is 0 Å². The highest BCUT2D eigenvalue weighted by atomic mass is 32.2. The maximum absolute atomic E-state index is 12.4. The Labute approximate surface area is 179 Å². The molecule has 170 valence electrons. The minimum Gasteiger partial charge on any atom is -0.479 e. The second-order valence-electron chi connectivity index (χ2n) is 6.78. The lowest BCUT2D eigenvalue weighted by molar-refractivity contribution is -0.143. The molecule has 0 aromatic carbocycles. The van der Waals surface area contributed by atoms with Gasteiger partial charge in [-0.1, -0.05) is 0 Å². The van der Waals surface area contributed by atoms with Gasteiger partial charge in [-0.15, -0.1) is 11.8 Å². The number of nitrogens with one attached hydrogen (secondary N) is 2. The molecule has 1 saturated heterocycles. The zero-order valence-electron chi connectivity index (χ0n) is 16.4. The summed E-state index contributed by atoms with van der Waals surface area (Å²) in [6.45, 7) is 0.726. The number of ether oxygens (including phenoxy) is 1. The number of rotatable bonds is 7. The second-order valence-corrected chi connectivity index (χ2v) is 7.83. The maximum atomic E-state index is 12.4. The van der Waals surface area contributed by atoms with Gasteiger partial charge in [-0.3, -0.25) is 9.88 Å². The first-order valence-electron chi connectivity index (χ1n) is 9.02. The number of anilines is 1. The van der Waals surface area contributed by atoms with E-state index in [2.05, 4.69) is 25.6 Å². The predicted molar refractivity (Wildman–Crippen MR) is 106 cm³/mol. The van der Waals surface area contributed by atoms with Crippen LogP contribution in [-0.4, -0.2) is 99.2 Å². The quantitative estimate of drug-likeness (QED) is 0.226. The van der Waals surface area contributed by atoms with Gasteiger partial charge in [-0.2, -0.15) is 0 Å². The van der Waals surface area contributed by atoms with Gasteiger partial charge in [0.05, 0.1) is 19.0 Å². The second kappa shape index (κ2) is 8.89. The summed E-state index contributed by atoms with van der Waals surface area (Å²) in [4.78, 5) is 34.2. The van der Waals surface area contributed by atoms with Crippen LogP contribution in [0, 0.1) is 0 Å². The first-order valence-corrected chi connectivity index (χ1v) is 10.2. The number of carbonyl (C=O) groups excluding carboxylic acids is 1. The van der Waals surface area contributed by atoms with Crippen molar-refractivity contribution in [3.05, 3.63) is 12.7 Å². The number of amides is 2. The van der Waals surface area contributed by atoms with E-state index in [4.69, 9.17) is 4.74 Å². The standard InChI is InChI=1S/C16H22N6O8S/c1-6(24)16(31-2,14(27)28)21-15(29)20-11-8-12(18-4-17-11)22(5-19-8)13-10(26)9(25)7(3-23)30-13/h4-7,9-10,13,23-26H,3H2,1-2H3,(H,27,28)(H2,17,18,20,21,29)/t6-,7-,9-,10-,13-,16-/m1/s1. The average Bonchev–Trinajstić information content (AvgIpc) is 3.27. The molecule has 0 unspecified atom stereocenters. The number of aliphatic hydroxyl groups excluding tert-OH is 4. The van der Waals surface area contributed by atoms with E-state index in [-0.39, 0.29) is 17.0 Å². The molecule has 0 bridgehead atoms. The number of fused-ring (bicyclic) bond motifs is 1. The number of nitrogens with zero attached hydrogens (tertiary/aromatic N) is 4. The molecule has 1 fully saturated rings. The van der Waals surface area contributed by atoms with E-state index in [1.807, 2.05) is 0 Å². The lowest BCUT2D eigenvalue weighted by Gasteiger charge is -2.31. The van der Waals surface area contributed by atoms with Gasteiger partial charge in [-0.25, -0.2) is 24.5 Å². The zero-order chi connectivity index (χ0) is 22.9. The number of carboxylic acids is 1. The number of aliphatic carboxylic acids is 1. The number of aliphatic hydroxyl groups is 4. The molecule has 0 aliphatic carbocycles. The summed E-state index contributed by atoms with van der Waals surface area (Å²) < 4.78 is 6.77. The molecule has 0 spiro atoms. The van der Waals surface area contributed by atoms with Crippen LogP contribution in [0.5, 0.6) is 0 Å². The Kier molecular flexibility index (Phi) is 6.63. The summed E-state index contributed by atoms with van der Waals surface area (Å²) in [6, 6.07) is -0.958. The largest absolute Gasteiger partial charge is 0.479 e. The fraction of sp³-hybridized carbons (Fsp3) is 0.562. The SMILES string of the molecule is CS[C@@](NC(=O)Nc1ncnc2c1ncn2[C@@H]1O[C@H](CO)[C@@H](O)[C@H]1O)(C(=O)O)[C@@H](C)O. The van der Waals surface area contributed by atoms with Crippen molar-refractivity contribution in [1.82, 2.24) is 24.8 Å². The van der Waals surface area contributed by atoms with Crippen molar-refractivity contribution in [2.75, 3.05) is 18.2 Å². The van der Waals surface area contributed by atoms with Crippen LogP contribution in [0.15, 0.2) is 12.7 Å². The molecular weight excluding hydrogens is 436 g/mol. The van der Waals surface area contributed by atoms with Crippen molar-refractivity contribution in [2.24, 2.45) is 0 Å². The van der Waals surface area contributed by atoms with Gasteiger partial charge in [0.25, 0.3) is 0 Å². The van der Waals surface area contributed by atoms with Crippen molar-refractivity contribution in [1.29, 1.82) is 0 Å². The molecular formula is C16H22N6O8S. The van der Waals surface area contributed by atoms with Crippen molar-refractivity contribution in [2.45, 2.75) is 42.4 Å². The number of urea groups is 1. The molecule has 2 aromatic rings. The van der Waals surface area contributed by atoms with Crippen molar-refractivity contribution in [3.63, 3.8) is 0 Å². The third-order valence-electron chi connectivity index (χ3n) is 4.91. The lowest BCUT2D eigenvalue weighted by atomic mass is 10.1. The summed E-state index contributed by atoms with van der Waals surface area (Å²) in [5.74, 6) is -1.51. The Hall–Kier alpha value is -2.56. The van der Waals surface area contributed by atoms with Gasteiger partial charge in [0.2, 0.25) is 4.87 Å². The molecule has 2 aromatic heterocycles. The number of carboxylic acid groups (broad SMARTS) is 1. The minimum absolute atomic E-state index is 0.0704. The molecule has 2 amide bonds. The van der Waals surface area contributed by atoms with Crippen LogP contribution in [0.25, 0.3) is 11.2 Å². The number of imidazole rings is 1. The summed E-state index contributed by atoms with van der Waals surface area (Å²) in [7, 11) is 0. The molecule has 1 aliphatic rings. The summed E-state index contributed by atoms with van der Waals surface area (Å²) in [5.41, 5.74) is 0.238. The summed E-state index contributed by atoms with van der Waals surface area (Å²) in [5, 5.41) is 53.4. The predicted octanol–water partition coefficient (Wildman–Crippen LogP) is -1.92. The van der Waals surface area contributed by atoms with Crippen LogP contribution >= 0.6 is 11.8 Å². The molecule has 3 heterocycles. The van der Waals surface area contributed by atoms with E-state index in [1.165, 1.54) is 24.1 Å². The van der Waals surface area contributed by atoms with Crippen LogP contribution in [0.2, 0.25) is 0 Å². The monoisotopic (exact) mass is 458 g/mol. The highest BCUT2D eigenvalue weighted by molar-refractivity contribution is 8.00. The number of carbonyl (C=O) groups is 2. The van der Waals surface area contributed by atoms with Gasteiger partial charge in [-0.05, 0) is 13.2 Å². The molecule has 15 heteroatoms. The van der Waals surface area contributed by atoms with Crippen LogP contribution in [0.1, 0.15) is 13.2 Å². The van der Waals surface area contributed by atoms with Crippen LogP contribution in [0.3, 0.4) is 0 Å². The third-order valence-corrected chi connectivity index (χ3v) is 6.17. The number of hydrogen-bond acceptors (Lipinski definition) is 11. The Bertz CT molecular complexity index is 973. The van der Waals surface area contributed by atoms with Gasteiger partial charge >= 0.3 is 12.0 Å². The maximum Gasteiger partial charge on any atom is 0.342 e. The van der Waals surface area contributed by atoms with Crippen molar-refractivity contribution < 1.29 is 39.9 Å². The van der Waals surface area contributed by atoms with E-state index < -0.39 is 54.1 Å². The van der Waals surface area contributed by atoms with E-state index >= 15 is 0 Å². The van der Waals surface area contributed by atoms with Crippen molar-refractivity contribution in [3.8, 4) is 0 Å². The third kappa shape index (κ3) is 4.02. The van der Waals surface area contributed by atoms with Gasteiger partial charge < -0.3 is 35.6 Å². The molecule has 0 saturated carbocycles. The Morgan fingerprint density at radius 2 is 2.03 bits per heavy atom.